The molecule has 0 aliphatic heterocycles. The maximum absolute atomic E-state index is 11.2. The summed E-state index contributed by atoms with van der Waals surface area (Å²) in [5.74, 6) is 0. The van der Waals surface area contributed by atoms with Gasteiger partial charge >= 0.3 is 5.69 Å². The summed E-state index contributed by atoms with van der Waals surface area (Å²) in [4.78, 5) is 16.7. The molecule has 0 spiro atoms. The van der Waals surface area contributed by atoms with Gasteiger partial charge in [-0.1, -0.05) is 35.7 Å². The van der Waals surface area contributed by atoms with Gasteiger partial charge in [0.05, 0.1) is 16.4 Å². The first-order valence-corrected chi connectivity index (χ1v) is 6.90. The minimum Gasteiger partial charge on any atom is -0.306 e. The molecule has 1 heterocycles. The van der Waals surface area contributed by atoms with Crippen molar-refractivity contribution < 1.29 is 0 Å². The fraction of sp³-hybridized carbons (Fsp3) is 0.417. The zero-order valence-electron chi connectivity index (χ0n) is 9.52. The first-order valence-electron chi connectivity index (χ1n) is 5.67. The summed E-state index contributed by atoms with van der Waals surface area (Å²) in [6, 6.07) is 3.83. The van der Waals surface area contributed by atoms with Crippen LogP contribution in [0.15, 0.2) is 21.4 Å². The van der Waals surface area contributed by atoms with Crippen LogP contribution in [-0.4, -0.2) is 9.97 Å². The van der Waals surface area contributed by atoms with Gasteiger partial charge in [-0.2, -0.15) is 0 Å². The molecule has 0 radical (unpaired) electrons. The van der Waals surface area contributed by atoms with E-state index in [0.717, 1.165) is 40.3 Å². The van der Waals surface area contributed by atoms with Gasteiger partial charge in [-0.15, -0.1) is 11.6 Å². The number of H-pyrrole nitrogens is 2. The van der Waals surface area contributed by atoms with Gasteiger partial charge in [-0.3, -0.25) is 0 Å². The minimum absolute atomic E-state index is 0.0212. The van der Waals surface area contributed by atoms with E-state index in [0.29, 0.717) is 0 Å². The van der Waals surface area contributed by atoms with Gasteiger partial charge in [0.15, 0.2) is 0 Å². The van der Waals surface area contributed by atoms with Crippen LogP contribution < -0.4 is 5.69 Å². The van der Waals surface area contributed by atoms with Crippen LogP contribution in [0, 0.1) is 0 Å². The lowest BCUT2D eigenvalue weighted by atomic mass is 10.1. The topological polar surface area (TPSA) is 48.6 Å². The predicted octanol–water partition coefficient (Wildman–Crippen LogP) is 4.09. The minimum atomic E-state index is -0.191. The summed E-state index contributed by atoms with van der Waals surface area (Å²) in [5.41, 5.74) is 2.44. The molecule has 3 nitrogen and oxygen atoms in total. The number of aromatic nitrogens is 2. The van der Waals surface area contributed by atoms with Crippen LogP contribution >= 0.6 is 27.5 Å². The molecule has 0 aliphatic carbocycles. The highest BCUT2D eigenvalue weighted by molar-refractivity contribution is 9.10. The molecular formula is C12H14BrClN2O. The molecule has 1 aromatic heterocycles. The Labute approximate surface area is 113 Å². The molecule has 1 aromatic carbocycles. The van der Waals surface area contributed by atoms with E-state index in [1.165, 1.54) is 0 Å². The lowest BCUT2D eigenvalue weighted by Gasteiger charge is -2.11. The van der Waals surface area contributed by atoms with Crippen LogP contribution in [0.1, 0.15) is 37.1 Å². The number of fused-ring (bicyclic) bond motifs is 1. The van der Waals surface area contributed by atoms with Gasteiger partial charge in [-0.05, 0) is 24.1 Å². The Hall–Kier alpha value is -0.740. The van der Waals surface area contributed by atoms with E-state index < -0.39 is 0 Å². The van der Waals surface area contributed by atoms with E-state index in [1.54, 1.807) is 0 Å². The van der Waals surface area contributed by atoms with Crippen LogP contribution in [0.2, 0.25) is 0 Å². The average molecular weight is 318 g/mol. The van der Waals surface area contributed by atoms with Crippen molar-refractivity contribution in [1.29, 1.82) is 0 Å². The van der Waals surface area contributed by atoms with Crippen molar-refractivity contribution in [3.63, 3.8) is 0 Å². The fourth-order valence-electron chi connectivity index (χ4n) is 1.85. The second kappa shape index (κ2) is 5.27. The van der Waals surface area contributed by atoms with E-state index in [2.05, 4.69) is 32.8 Å². The summed E-state index contributed by atoms with van der Waals surface area (Å²) < 4.78 is 0.941. The standard InChI is InChI=1S/C12H14BrClN2O/c1-2-3-4-9(14)7-5-10-11(6-8(7)13)16-12(17)15-10/h5-6,9H,2-4H2,1H3,(H2,15,16,17). The number of alkyl halides is 1. The Morgan fingerprint density at radius 1 is 1.35 bits per heavy atom. The molecule has 1 unspecified atom stereocenters. The lowest BCUT2D eigenvalue weighted by molar-refractivity contribution is 0.700. The smallest absolute Gasteiger partial charge is 0.306 e. The fourth-order valence-corrected chi connectivity index (χ4v) is 2.94. The molecule has 0 bridgehead atoms. The number of halogens is 2. The number of aromatic amines is 2. The third kappa shape index (κ3) is 2.75. The monoisotopic (exact) mass is 316 g/mol. The summed E-state index contributed by atoms with van der Waals surface area (Å²) in [6.07, 6.45) is 3.17. The Balaban J connectivity index is 2.39. The molecule has 0 saturated carbocycles. The Bertz CT molecular complexity index is 575. The van der Waals surface area contributed by atoms with Gasteiger partial charge < -0.3 is 9.97 Å². The third-order valence-corrected chi connectivity index (χ3v) is 3.92. The molecule has 2 N–H and O–H groups in total. The van der Waals surface area contributed by atoms with Gasteiger partial charge in [0, 0.05) is 4.47 Å². The van der Waals surface area contributed by atoms with Gasteiger partial charge in [-0.25, -0.2) is 4.79 Å². The molecule has 0 aliphatic rings. The van der Waals surface area contributed by atoms with Crippen LogP contribution in [0.4, 0.5) is 0 Å². The Kier molecular flexibility index (Phi) is 3.94. The van der Waals surface area contributed by atoms with Gasteiger partial charge in [0.1, 0.15) is 0 Å². The molecule has 17 heavy (non-hydrogen) atoms. The van der Waals surface area contributed by atoms with Crippen molar-refractivity contribution in [2.45, 2.75) is 31.6 Å². The number of rotatable bonds is 4. The van der Waals surface area contributed by atoms with Crippen molar-refractivity contribution in [3.05, 3.63) is 32.7 Å². The van der Waals surface area contributed by atoms with Crippen molar-refractivity contribution in [1.82, 2.24) is 9.97 Å². The van der Waals surface area contributed by atoms with E-state index in [-0.39, 0.29) is 11.1 Å². The third-order valence-electron chi connectivity index (χ3n) is 2.78. The Morgan fingerprint density at radius 3 is 2.65 bits per heavy atom. The second-order valence-corrected chi connectivity index (χ2v) is 5.49. The van der Waals surface area contributed by atoms with E-state index in [1.807, 2.05) is 12.1 Å². The van der Waals surface area contributed by atoms with Crippen molar-refractivity contribution in [2.75, 3.05) is 0 Å². The highest BCUT2D eigenvalue weighted by Gasteiger charge is 2.13. The zero-order chi connectivity index (χ0) is 12.4. The number of unbranched alkanes of at least 4 members (excludes halogenated alkanes) is 1. The molecule has 2 aromatic rings. The number of hydrogen-bond donors (Lipinski definition) is 2. The molecular weight excluding hydrogens is 304 g/mol. The van der Waals surface area contributed by atoms with Crippen LogP contribution in [0.25, 0.3) is 11.0 Å². The molecule has 0 amide bonds. The quantitative estimate of drug-likeness (QED) is 0.820. The predicted molar refractivity (Wildman–Crippen MR) is 74.7 cm³/mol. The van der Waals surface area contributed by atoms with Crippen LogP contribution in [0.5, 0.6) is 0 Å². The SMILES string of the molecule is CCCCC(Cl)c1cc2[nH]c(=O)[nH]c2cc1Br. The van der Waals surface area contributed by atoms with Crippen LogP contribution in [-0.2, 0) is 0 Å². The number of hydrogen-bond acceptors (Lipinski definition) is 1. The van der Waals surface area contributed by atoms with Crippen LogP contribution in [0.3, 0.4) is 0 Å². The molecule has 0 fully saturated rings. The summed E-state index contributed by atoms with van der Waals surface area (Å²) >= 11 is 9.86. The largest absolute Gasteiger partial charge is 0.323 e. The molecule has 92 valence electrons. The summed E-state index contributed by atoms with van der Waals surface area (Å²) in [7, 11) is 0. The van der Waals surface area contributed by atoms with E-state index in [4.69, 9.17) is 11.6 Å². The summed E-state index contributed by atoms with van der Waals surface area (Å²) in [6.45, 7) is 2.14. The van der Waals surface area contributed by atoms with Crippen molar-refractivity contribution in [2.24, 2.45) is 0 Å². The maximum Gasteiger partial charge on any atom is 0.323 e. The first kappa shape index (κ1) is 12.7. The van der Waals surface area contributed by atoms with Crippen molar-refractivity contribution >= 4 is 38.6 Å². The Morgan fingerprint density at radius 2 is 2.00 bits per heavy atom. The van der Waals surface area contributed by atoms with Gasteiger partial charge in [0.2, 0.25) is 0 Å². The first-order chi connectivity index (χ1) is 8.11. The molecule has 2 rings (SSSR count). The van der Waals surface area contributed by atoms with E-state index in [9.17, 15) is 4.79 Å². The lowest BCUT2D eigenvalue weighted by Crippen LogP contribution is -1.99. The number of imidazole rings is 1. The summed E-state index contributed by atoms with van der Waals surface area (Å²) in [5, 5.41) is -0.0212. The molecule has 0 saturated heterocycles. The highest BCUT2D eigenvalue weighted by Crippen LogP contribution is 2.33. The number of nitrogens with one attached hydrogen (secondary N) is 2. The molecule has 1 atom stereocenters. The second-order valence-electron chi connectivity index (χ2n) is 4.11. The highest BCUT2D eigenvalue weighted by atomic mass is 79.9. The average Bonchev–Trinajstić information content (AvgIpc) is 2.64. The number of benzene rings is 1. The normalized spacial score (nSPS) is 13.1. The molecule has 5 heteroatoms. The van der Waals surface area contributed by atoms with Gasteiger partial charge in [0.25, 0.3) is 0 Å². The zero-order valence-corrected chi connectivity index (χ0v) is 11.9. The van der Waals surface area contributed by atoms with E-state index >= 15 is 0 Å². The maximum atomic E-state index is 11.2. The van der Waals surface area contributed by atoms with Crippen molar-refractivity contribution in [3.8, 4) is 0 Å².